The maximum atomic E-state index is 12.0. The summed E-state index contributed by atoms with van der Waals surface area (Å²) in [7, 11) is 1.76. The fraction of sp³-hybridized carbons (Fsp3) is 0.562. The van der Waals surface area contributed by atoms with Crippen LogP contribution < -0.4 is 14.4 Å². The molecule has 2 heterocycles. The molecular formula is C16H22N2O5S2. The smallest absolute Gasteiger partial charge is 0.164 e. The van der Waals surface area contributed by atoms with Crippen molar-refractivity contribution in [3.05, 3.63) is 18.2 Å². The molecule has 138 valence electrons. The average molecular weight is 386 g/mol. The number of aliphatic imine (C=N–C) groups is 1. The quantitative estimate of drug-likeness (QED) is 0.685. The van der Waals surface area contributed by atoms with E-state index in [0.29, 0.717) is 18.1 Å². The molecule has 0 saturated carbocycles. The number of hydrogen-bond acceptors (Lipinski definition) is 8. The van der Waals surface area contributed by atoms with E-state index in [1.165, 1.54) is 0 Å². The van der Waals surface area contributed by atoms with E-state index in [1.807, 2.05) is 23.1 Å². The number of benzene rings is 1. The summed E-state index contributed by atoms with van der Waals surface area (Å²) in [5.74, 6) is 2.21. The minimum atomic E-state index is -3.06. The first-order chi connectivity index (χ1) is 12.0. The molecule has 1 aromatic rings. The maximum absolute atomic E-state index is 12.0. The second kappa shape index (κ2) is 7.43. The first-order valence-corrected chi connectivity index (χ1v) is 10.7. The van der Waals surface area contributed by atoms with E-state index in [4.69, 9.17) is 14.2 Å². The number of anilines is 1. The van der Waals surface area contributed by atoms with E-state index in [2.05, 4.69) is 4.99 Å². The first-order valence-electron chi connectivity index (χ1n) is 7.90. The monoisotopic (exact) mass is 386 g/mol. The van der Waals surface area contributed by atoms with E-state index in [-0.39, 0.29) is 23.6 Å². The van der Waals surface area contributed by atoms with Crippen LogP contribution in [0.4, 0.5) is 5.69 Å². The van der Waals surface area contributed by atoms with E-state index in [1.54, 1.807) is 33.1 Å². The second-order valence-corrected chi connectivity index (χ2v) is 9.09. The molecule has 0 N–H and O–H groups in total. The lowest BCUT2D eigenvalue weighted by Crippen LogP contribution is -2.39. The highest BCUT2D eigenvalue weighted by Gasteiger charge is 2.47. The van der Waals surface area contributed by atoms with Crippen molar-refractivity contribution in [3.8, 4) is 11.5 Å². The molecule has 2 unspecified atom stereocenters. The Balaban J connectivity index is 1.93. The minimum Gasteiger partial charge on any atom is -0.493 e. The molecule has 25 heavy (non-hydrogen) atoms. The van der Waals surface area contributed by atoms with E-state index in [0.717, 1.165) is 16.6 Å². The van der Waals surface area contributed by atoms with Crippen LogP contribution in [0.2, 0.25) is 0 Å². The van der Waals surface area contributed by atoms with Gasteiger partial charge in [-0.25, -0.2) is 8.42 Å². The number of amidine groups is 1. The van der Waals surface area contributed by atoms with Gasteiger partial charge in [-0.05, 0) is 12.1 Å². The molecule has 0 bridgehead atoms. The van der Waals surface area contributed by atoms with Gasteiger partial charge in [-0.15, -0.1) is 0 Å². The first kappa shape index (κ1) is 18.3. The van der Waals surface area contributed by atoms with Crippen LogP contribution in [-0.2, 0) is 14.6 Å². The maximum Gasteiger partial charge on any atom is 0.164 e. The lowest BCUT2D eigenvalue weighted by molar-refractivity contribution is 0.219. The van der Waals surface area contributed by atoms with Gasteiger partial charge in [0.05, 0.1) is 44.4 Å². The van der Waals surface area contributed by atoms with Gasteiger partial charge in [0, 0.05) is 24.6 Å². The van der Waals surface area contributed by atoms with Crippen LogP contribution in [0.1, 0.15) is 0 Å². The highest BCUT2D eigenvalue weighted by Crippen LogP contribution is 2.38. The number of rotatable bonds is 6. The van der Waals surface area contributed by atoms with Crippen LogP contribution in [0.5, 0.6) is 11.5 Å². The summed E-state index contributed by atoms with van der Waals surface area (Å²) >= 11 is 1.58. The third-order valence-corrected chi connectivity index (χ3v) is 6.90. The Labute approximate surface area is 152 Å². The Hall–Kier alpha value is -1.45. The van der Waals surface area contributed by atoms with E-state index >= 15 is 0 Å². The summed E-state index contributed by atoms with van der Waals surface area (Å²) in [6.45, 7) is 0.608. The Morgan fingerprint density at radius 2 is 1.96 bits per heavy atom. The Kier molecular flexibility index (Phi) is 5.45. The normalized spacial score (nSPS) is 24.1. The summed E-state index contributed by atoms with van der Waals surface area (Å²) < 4.78 is 39.9. The Bertz CT molecular complexity index is 766. The SMILES string of the molecule is COCCSC1=NC2CS(=O)(=O)CC2N1c1ccc(OC)c(OC)c1. The van der Waals surface area contributed by atoms with Gasteiger partial charge >= 0.3 is 0 Å². The van der Waals surface area contributed by atoms with Crippen LogP contribution in [0.3, 0.4) is 0 Å². The van der Waals surface area contributed by atoms with Crippen molar-refractivity contribution >= 4 is 32.5 Å². The number of ether oxygens (including phenoxy) is 3. The molecule has 3 rings (SSSR count). The molecule has 7 nitrogen and oxygen atoms in total. The topological polar surface area (TPSA) is 77.4 Å². The highest BCUT2D eigenvalue weighted by molar-refractivity contribution is 8.14. The van der Waals surface area contributed by atoms with Crippen molar-refractivity contribution in [1.29, 1.82) is 0 Å². The molecule has 0 aromatic heterocycles. The van der Waals surface area contributed by atoms with Crippen molar-refractivity contribution in [1.82, 2.24) is 0 Å². The van der Waals surface area contributed by atoms with Gasteiger partial charge in [0.25, 0.3) is 0 Å². The van der Waals surface area contributed by atoms with Crippen LogP contribution in [0.15, 0.2) is 23.2 Å². The largest absolute Gasteiger partial charge is 0.493 e. The van der Waals surface area contributed by atoms with Crippen LogP contribution >= 0.6 is 11.8 Å². The van der Waals surface area contributed by atoms with Gasteiger partial charge in [-0.1, -0.05) is 11.8 Å². The lowest BCUT2D eigenvalue weighted by Gasteiger charge is -2.27. The Morgan fingerprint density at radius 3 is 2.64 bits per heavy atom. The van der Waals surface area contributed by atoms with Gasteiger partial charge in [0.15, 0.2) is 26.5 Å². The standard InChI is InChI=1S/C16H22N2O5S2/c1-21-6-7-24-16-17-12-9-25(19,20)10-13(12)18(16)11-4-5-14(22-2)15(8-11)23-3/h4-5,8,12-13H,6-7,9-10H2,1-3H3. The number of nitrogens with zero attached hydrogens (tertiary/aromatic N) is 2. The molecule has 2 aliphatic heterocycles. The van der Waals surface area contributed by atoms with Crippen LogP contribution in [0, 0.1) is 0 Å². The molecule has 2 aliphatic rings. The number of thioether (sulfide) groups is 1. The third kappa shape index (κ3) is 3.73. The fourth-order valence-electron chi connectivity index (χ4n) is 3.13. The van der Waals surface area contributed by atoms with Gasteiger partial charge in [-0.3, -0.25) is 4.99 Å². The third-order valence-electron chi connectivity index (χ3n) is 4.27. The van der Waals surface area contributed by atoms with Gasteiger partial charge in [-0.2, -0.15) is 0 Å². The lowest BCUT2D eigenvalue weighted by atomic mass is 10.1. The van der Waals surface area contributed by atoms with Crippen LogP contribution in [-0.4, -0.2) is 70.9 Å². The zero-order valence-electron chi connectivity index (χ0n) is 14.5. The summed E-state index contributed by atoms with van der Waals surface area (Å²) in [5, 5.41) is 0.828. The van der Waals surface area contributed by atoms with E-state index in [9.17, 15) is 8.42 Å². The van der Waals surface area contributed by atoms with Gasteiger partial charge in [0.1, 0.15) is 0 Å². The average Bonchev–Trinajstić information content (AvgIpc) is 3.05. The number of fused-ring (bicyclic) bond motifs is 1. The molecule has 0 aliphatic carbocycles. The van der Waals surface area contributed by atoms with Gasteiger partial charge < -0.3 is 19.1 Å². The summed E-state index contributed by atoms with van der Waals surface area (Å²) in [6.07, 6.45) is 0. The summed E-state index contributed by atoms with van der Waals surface area (Å²) in [4.78, 5) is 6.68. The van der Waals surface area contributed by atoms with Crippen molar-refractivity contribution < 1.29 is 22.6 Å². The highest BCUT2D eigenvalue weighted by atomic mass is 32.2. The predicted molar refractivity (Wildman–Crippen MR) is 100 cm³/mol. The van der Waals surface area contributed by atoms with Crippen molar-refractivity contribution in [2.24, 2.45) is 4.99 Å². The molecular weight excluding hydrogens is 364 g/mol. The molecule has 0 radical (unpaired) electrons. The molecule has 1 aromatic carbocycles. The fourth-order valence-corrected chi connectivity index (χ4v) is 5.99. The molecule has 9 heteroatoms. The predicted octanol–water partition coefficient (Wildman–Crippen LogP) is 1.43. The minimum absolute atomic E-state index is 0.107. The zero-order chi connectivity index (χ0) is 18.0. The van der Waals surface area contributed by atoms with Crippen molar-refractivity contribution in [3.63, 3.8) is 0 Å². The molecule has 2 atom stereocenters. The van der Waals surface area contributed by atoms with Crippen LogP contribution in [0.25, 0.3) is 0 Å². The van der Waals surface area contributed by atoms with Crippen molar-refractivity contribution in [2.75, 3.05) is 50.1 Å². The Morgan fingerprint density at radius 1 is 1.20 bits per heavy atom. The van der Waals surface area contributed by atoms with E-state index < -0.39 is 9.84 Å². The molecule has 0 amide bonds. The van der Waals surface area contributed by atoms with Gasteiger partial charge in [0.2, 0.25) is 0 Å². The summed E-state index contributed by atoms with van der Waals surface area (Å²) in [5.41, 5.74) is 0.853. The number of sulfone groups is 1. The molecule has 1 saturated heterocycles. The zero-order valence-corrected chi connectivity index (χ0v) is 16.1. The molecule has 0 spiro atoms. The van der Waals surface area contributed by atoms with Crippen molar-refractivity contribution in [2.45, 2.75) is 12.1 Å². The summed E-state index contributed by atoms with van der Waals surface area (Å²) in [6, 6.07) is 5.19. The number of hydrogen-bond donors (Lipinski definition) is 0. The number of methoxy groups -OCH3 is 3. The second-order valence-electron chi connectivity index (χ2n) is 5.87. The molecule has 1 fully saturated rings.